The summed E-state index contributed by atoms with van der Waals surface area (Å²) in [4.78, 5) is 11.0. The fourth-order valence-electron chi connectivity index (χ4n) is 1.68. The molecule has 16 heavy (non-hydrogen) atoms. The summed E-state index contributed by atoms with van der Waals surface area (Å²) >= 11 is 0. The van der Waals surface area contributed by atoms with Gasteiger partial charge in [-0.3, -0.25) is 9.48 Å². The maximum absolute atomic E-state index is 11.0. The zero-order chi connectivity index (χ0) is 12.1. The van der Waals surface area contributed by atoms with Gasteiger partial charge in [0.15, 0.2) is 0 Å². The number of methoxy groups -OCH3 is 1. The summed E-state index contributed by atoms with van der Waals surface area (Å²) in [7, 11) is 3.31. The maximum atomic E-state index is 11.0. The van der Waals surface area contributed by atoms with Crippen molar-refractivity contribution in [3.63, 3.8) is 0 Å². The summed E-state index contributed by atoms with van der Waals surface area (Å²) in [5, 5.41) is 7.51. The molecule has 0 saturated heterocycles. The van der Waals surface area contributed by atoms with E-state index in [1.165, 1.54) is 12.7 Å². The summed E-state index contributed by atoms with van der Waals surface area (Å²) in [5.41, 5.74) is 3.32. The van der Waals surface area contributed by atoms with Gasteiger partial charge < -0.3 is 10.1 Å². The van der Waals surface area contributed by atoms with Gasteiger partial charge in [0.25, 0.3) is 0 Å². The summed E-state index contributed by atoms with van der Waals surface area (Å²) in [6.45, 7) is 5.37. The molecule has 0 spiro atoms. The van der Waals surface area contributed by atoms with Gasteiger partial charge in [-0.1, -0.05) is 0 Å². The highest BCUT2D eigenvalue weighted by Crippen LogP contribution is 2.13. The molecule has 90 valence electrons. The Hall–Kier alpha value is -1.36. The maximum Gasteiger partial charge on any atom is 0.307 e. The van der Waals surface area contributed by atoms with E-state index in [1.54, 1.807) is 0 Å². The normalized spacial score (nSPS) is 10.5. The van der Waals surface area contributed by atoms with Crippen LogP contribution in [0.15, 0.2) is 0 Å². The number of aryl methyl sites for hydroxylation is 2. The standard InChI is InChI=1S/C11H19N3O2/c1-8-10(7-12-3)9(2)14(13-8)6-5-11(15)16-4/h12H,5-7H2,1-4H3. The van der Waals surface area contributed by atoms with Crippen molar-refractivity contribution in [3.05, 3.63) is 17.0 Å². The quantitative estimate of drug-likeness (QED) is 0.752. The van der Waals surface area contributed by atoms with Crippen molar-refractivity contribution in [2.75, 3.05) is 14.2 Å². The zero-order valence-corrected chi connectivity index (χ0v) is 10.3. The number of carbonyl (C=O) groups excluding carboxylic acids is 1. The summed E-state index contributed by atoms with van der Waals surface area (Å²) < 4.78 is 6.46. The van der Waals surface area contributed by atoms with Crippen LogP contribution in [0.4, 0.5) is 0 Å². The van der Waals surface area contributed by atoms with Crippen LogP contribution >= 0.6 is 0 Å². The number of nitrogens with zero attached hydrogens (tertiary/aromatic N) is 2. The molecule has 5 nitrogen and oxygen atoms in total. The van der Waals surface area contributed by atoms with E-state index in [0.717, 1.165) is 17.9 Å². The van der Waals surface area contributed by atoms with E-state index >= 15 is 0 Å². The Balaban J connectivity index is 2.74. The molecular weight excluding hydrogens is 206 g/mol. The van der Waals surface area contributed by atoms with Crippen LogP contribution in [0.25, 0.3) is 0 Å². The predicted molar refractivity (Wildman–Crippen MR) is 61.1 cm³/mol. The number of hydrogen-bond donors (Lipinski definition) is 1. The lowest BCUT2D eigenvalue weighted by Crippen LogP contribution is -2.10. The first-order chi connectivity index (χ1) is 7.60. The van der Waals surface area contributed by atoms with Crippen molar-refractivity contribution in [2.24, 2.45) is 0 Å². The Labute approximate surface area is 95.8 Å². The lowest BCUT2D eigenvalue weighted by atomic mass is 10.2. The topological polar surface area (TPSA) is 56.2 Å². The average molecular weight is 225 g/mol. The van der Waals surface area contributed by atoms with Gasteiger partial charge in [-0.05, 0) is 20.9 Å². The Morgan fingerprint density at radius 3 is 2.75 bits per heavy atom. The molecule has 0 aliphatic heterocycles. The van der Waals surface area contributed by atoms with Crippen molar-refractivity contribution < 1.29 is 9.53 Å². The zero-order valence-electron chi connectivity index (χ0n) is 10.3. The molecule has 0 unspecified atom stereocenters. The number of ether oxygens (including phenoxy) is 1. The van der Waals surface area contributed by atoms with Crippen LogP contribution in [0.3, 0.4) is 0 Å². The largest absolute Gasteiger partial charge is 0.469 e. The highest BCUT2D eigenvalue weighted by molar-refractivity contribution is 5.68. The van der Waals surface area contributed by atoms with Crippen LogP contribution in [0.5, 0.6) is 0 Å². The lowest BCUT2D eigenvalue weighted by molar-refractivity contribution is -0.140. The number of hydrogen-bond acceptors (Lipinski definition) is 4. The molecule has 0 radical (unpaired) electrons. The molecule has 0 bridgehead atoms. The predicted octanol–water partition coefficient (Wildman–Crippen LogP) is 0.782. The van der Waals surface area contributed by atoms with E-state index in [1.807, 2.05) is 25.6 Å². The van der Waals surface area contributed by atoms with Crippen LogP contribution in [-0.2, 0) is 22.6 Å². The first kappa shape index (κ1) is 12.7. The second-order valence-corrected chi connectivity index (χ2v) is 3.73. The average Bonchev–Trinajstić information content (AvgIpc) is 2.54. The molecule has 1 aromatic heterocycles. The number of nitrogens with one attached hydrogen (secondary N) is 1. The summed E-state index contributed by atoms with van der Waals surface area (Å²) in [6.07, 6.45) is 0.359. The smallest absolute Gasteiger partial charge is 0.307 e. The Morgan fingerprint density at radius 1 is 1.50 bits per heavy atom. The van der Waals surface area contributed by atoms with Crippen LogP contribution < -0.4 is 5.32 Å². The van der Waals surface area contributed by atoms with Crippen molar-refractivity contribution >= 4 is 5.97 Å². The van der Waals surface area contributed by atoms with Crippen LogP contribution in [0.2, 0.25) is 0 Å². The second kappa shape index (κ2) is 5.65. The van der Waals surface area contributed by atoms with E-state index in [9.17, 15) is 4.79 Å². The second-order valence-electron chi connectivity index (χ2n) is 3.73. The number of rotatable bonds is 5. The minimum Gasteiger partial charge on any atom is -0.469 e. The fourth-order valence-corrected chi connectivity index (χ4v) is 1.68. The van der Waals surface area contributed by atoms with Gasteiger partial charge in [0.1, 0.15) is 0 Å². The minimum absolute atomic E-state index is 0.206. The SMILES string of the molecule is CNCc1c(C)nn(CCC(=O)OC)c1C. The van der Waals surface area contributed by atoms with E-state index in [0.29, 0.717) is 13.0 Å². The molecule has 1 heterocycles. The van der Waals surface area contributed by atoms with Gasteiger partial charge >= 0.3 is 5.97 Å². The molecular formula is C11H19N3O2. The van der Waals surface area contributed by atoms with Gasteiger partial charge in [-0.15, -0.1) is 0 Å². The monoisotopic (exact) mass is 225 g/mol. The fraction of sp³-hybridized carbons (Fsp3) is 0.636. The third kappa shape index (κ3) is 2.82. The van der Waals surface area contributed by atoms with Gasteiger partial charge in [-0.25, -0.2) is 0 Å². The lowest BCUT2D eigenvalue weighted by Gasteiger charge is -2.04. The Morgan fingerprint density at radius 2 is 2.19 bits per heavy atom. The van der Waals surface area contributed by atoms with Crippen molar-refractivity contribution in [1.29, 1.82) is 0 Å². The molecule has 0 aromatic carbocycles. The van der Waals surface area contributed by atoms with Crippen LogP contribution in [-0.4, -0.2) is 29.9 Å². The van der Waals surface area contributed by atoms with E-state index in [2.05, 4.69) is 15.2 Å². The Bertz CT molecular complexity index is 372. The van der Waals surface area contributed by atoms with Gasteiger partial charge in [0.05, 0.1) is 25.8 Å². The third-order valence-corrected chi connectivity index (χ3v) is 2.64. The van der Waals surface area contributed by atoms with E-state index < -0.39 is 0 Å². The van der Waals surface area contributed by atoms with Gasteiger partial charge in [0.2, 0.25) is 0 Å². The Kier molecular flexibility index (Phi) is 4.49. The molecule has 0 atom stereocenters. The van der Waals surface area contributed by atoms with Gasteiger partial charge in [-0.2, -0.15) is 5.10 Å². The molecule has 1 rings (SSSR count). The first-order valence-electron chi connectivity index (χ1n) is 5.34. The highest BCUT2D eigenvalue weighted by Gasteiger charge is 2.11. The molecule has 0 fully saturated rings. The molecule has 0 aliphatic rings. The van der Waals surface area contributed by atoms with E-state index in [-0.39, 0.29) is 5.97 Å². The van der Waals surface area contributed by atoms with E-state index in [4.69, 9.17) is 0 Å². The summed E-state index contributed by atoms with van der Waals surface area (Å²) in [5.74, 6) is -0.206. The van der Waals surface area contributed by atoms with Crippen molar-refractivity contribution in [2.45, 2.75) is 33.4 Å². The first-order valence-corrected chi connectivity index (χ1v) is 5.34. The molecule has 1 aromatic rings. The number of esters is 1. The highest BCUT2D eigenvalue weighted by atomic mass is 16.5. The minimum atomic E-state index is -0.206. The van der Waals surface area contributed by atoms with Crippen molar-refractivity contribution in [1.82, 2.24) is 15.1 Å². The molecule has 0 aliphatic carbocycles. The van der Waals surface area contributed by atoms with Crippen LogP contribution in [0.1, 0.15) is 23.4 Å². The summed E-state index contributed by atoms with van der Waals surface area (Å²) in [6, 6.07) is 0. The number of carbonyl (C=O) groups is 1. The molecule has 1 N–H and O–H groups in total. The molecule has 0 saturated carbocycles. The van der Waals surface area contributed by atoms with Crippen LogP contribution in [0, 0.1) is 13.8 Å². The molecule has 5 heteroatoms. The third-order valence-electron chi connectivity index (χ3n) is 2.64. The molecule has 0 amide bonds. The van der Waals surface area contributed by atoms with Crippen molar-refractivity contribution in [3.8, 4) is 0 Å². The van der Waals surface area contributed by atoms with Gasteiger partial charge in [0, 0.05) is 17.8 Å². The number of aromatic nitrogens is 2.